The maximum Gasteiger partial charge on any atom is 0.419 e. The first-order chi connectivity index (χ1) is 20.4. The number of hydrogen-bond acceptors (Lipinski definition) is 4. The topological polar surface area (TPSA) is 53.8 Å². The van der Waals surface area contributed by atoms with Crippen LogP contribution in [-0.2, 0) is 12.7 Å². The van der Waals surface area contributed by atoms with Gasteiger partial charge in [0.15, 0.2) is 0 Å². The minimum absolute atomic E-state index is 0.0963. The van der Waals surface area contributed by atoms with Gasteiger partial charge < -0.3 is 14.7 Å². The Morgan fingerprint density at radius 2 is 1.65 bits per heavy atom. The van der Waals surface area contributed by atoms with Gasteiger partial charge in [-0.05, 0) is 66.7 Å². The Balaban J connectivity index is 1.31. The number of hydrogen-bond donors (Lipinski definition) is 0. The molecule has 6 nitrogen and oxygen atoms in total. The first-order valence-electron chi connectivity index (χ1n) is 13.7. The van der Waals surface area contributed by atoms with E-state index in [0.717, 1.165) is 23.4 Å². The molecule has 226 valence electrons. The summed E-state index contributed by atoms with van der Waals surface area (Å²) in [5.74, 6) is -1.48. The number of carbonyl (C=O) groups is 1. The zero-order valence-corrected chi connectivity index (χ0v) is 24.8. The molecular weight excluding hydrogens is 605 g/mol. The van der Waals surface area contributed by atoms with Gasteiger partial charge in [0.25, 0.3) is 0 Å². The molecule has 43 heavy (non-hydrogen) atoms. The third-order valence-electron chi connectivity index (χ3n) is 8.18. The first-order valence-corrected chi connectivity index (χ1v) is 14.5. The summed E-state index contributed by atoms with van der Waals surface area (Å²) in [6.45, 7) is 3.30. The summed E-state index contributed by atoms with van der Waals surface area (Å²) in [4.78, 5) is 21.4. The second-order valence-corrected chi connectivity index (χ2v) is 11.7. The predicted octanol–water partition coefficient (Wildman–Crippen LogP) is 6.86. The summed E-state index contributed by atoms with van der Waals surface area (Å²) < 4.78 is 53.5. The molecule has 2 saturated heterocycles. The van der Waals surface area contributed by atoms with Gasteiger partial charge in [-0.1, -0.05) is 35.3 Å². The van der Waals surface area contributed by atoms with Crippen molar-refractivity contribution in [3.05, 3.63) is 98.8 Å². The van der Waals surface area contributed by atoms with Crippen LogP contribution in [0.5, 0.6) is 0 Å². The molecule has 0 N–H and O–H groups in total. The van der Waals surface area contributed by atoms with E-state index in [1.54, 1.807) is 29.2 Å². The molecule has 0 aromatic heterocycles. The molecule has 2 amide bonds. The average molecular weight is 635 g/mol. The third kappa shape index (κ3) is 6.85. The lowest BCUT2D eigenvalue weighted by molar-refractivity contribution is -0.140. The van der Waals surface area contributed by atoms with E-state index >= 15 is 0 Å². The zero-order chi connectivity index (χ0) is 30.9. The highest BCUT2D eigenvalue weighted by molar-refractivity contribution is 6.42. The average Bonchev–Trinajstić information content (AvgIpc) is 3.43. The van der Waals surface area contributed by atoms with Crippen LogP contribution in [0.3, 0.4) is 0 Å². The number of carbonyl (C=O) groups excluding carboxylic acids is 1. The number of amides is 2. The molecule has 0 radical (unpaired) electrons. The molecule has 2 atom stereocenters. The number of alkyl halides is 3. The summed E-state index contributed by atoms with van der Waals surface area (Å²) in [6, 6.07) is 17.5. The number of benzene rings is 3. The van der Waals surface area contributed by atoms with E-state index in [1.165, 1.54) is 6.07 Å². The number of likely N-dealkylation sites (N-methyl/N-ethyl adjacent to an activating group) is 1. The number of anilines is 1. The van der Waals surface area contributed by atoms with Gasteiger partial charge in [0.05, 0.1) is 27.2 Å². The third-order valence-corrected chi connectivity index (χ3v) is 8.92. The van der Waals surface area contributed by atoms with Crippen molar-refractivity contribution in [2.75, 3.05) is 51.2 Å². The fourth-order valence-electron chi connectivity index (χ4n) is 5.85. The minimum Gasteiger partial charge on any atom is -0.368 e. The summed E-state index contributed by atoms with van der Waals surface area (Å²) in [5, 5.41) is 9.84. The fourth-order valence-corrected chi connectivity index (χ4v) is 6.16. The van der Waals surface area contributed by atoms with Gasteiger partial charge in [-0.3, -0.25) is 4.90 Å². The molecule has 0 aliphatic carbocycles. The predicted molar refractivity (Wildman–Crippen MR) is 158 cm³/mol. The SMILES string of the molecule is CN(Cc1ccc(C(F)(F)F)c(F)c1)[C@H]1CN(C(=O)N2CCN(c3ccc(C#N)cc3)CC2)C[C@@H]1c1ccc(Cl)c(Cl)c1. The van der Waals surface area contributed by atoms with Gasteiger partial charge in [-0.15, -0.1) is 0 Å². The molecule has 3 aromatic rings. The van der Waals surface area contributed by atoms with Crippen LogP contribution in [0.15, 0.2) is 60.7 Å². The lowest BCUT2D eigenvalue weighted by Gasteiger charge is -2.38. The van der Waals surface area contributed by atoms with Crippen LogP contribution in [0.2, 0.25) is 10.0 Å². The molecule has 0 unspecified atom stereocenters. The molecule has 3 aromatic carbocycles. The van der Waals surface area contributed by atoms with Gasteiger partial charge in [-0.25, -0.2) is 9.18 Å². The van der Waals surface area contributed by atoms with Crippen molar-refractivity contribution in [3.8, 4) is 6.07 Å². The standard InChI is InChI=1S/C31H29Cl2F4N5O/c1-39(17-21-4-8-25(28(34)14-21)31(35,36)37)29-19-42(18-24(29)22-5-9-26(32)27(33)15-22)30(43)41-12-10-40(11-13-41)23-6-2-20(16-38)3-7-23/h2-9,14-15,24,29H,10-13,17-19H2,1H3/t24-,29+/m1/s1. The Morgan fingerprint density at radius 3 is 2.26 bits per heavy atom. The molecule has 0 bridgehead atoms. The van der Waals surface area contributed by atoms with Gasteiger partial charge >= 0.3 is 12.2 Å². The molecule has 2 fully saturated rings. The van der Waals surface area contributed by atoms with E-state index < -0.39 is 17.6 Å². The number of halogens is 6. The second-order valence-electron chi connectivity index (χ2n) is 10.9. The van der Waals surface area contributed by atoms with Crippen molar-refractivity contribution in [1.82, 2.24) is 14.7 Å². The minimum atomic E-state index is -4.77. The monoisotopic (exact) mass is 633 g/mol. The van der Waals surface area contributed by atoms with E-state index in [2.05, 4.69) is 11.0 Å². The van der Waals surface area contributed by atoms with Crippen LogP contribution < -0.4 is 4.90 Å². The van der Waals surface area contributed by atoms with E-state index in [1.807, 2.05) is 35.0 Å². The molecule has 2 heterocycles. The van der Waals surface area contributed by atoms with Gasteiger partial charge in [0.1, 0.15) is 5.82 Å². The van der Waals surface area contributed by atoms with Crippen molar-refractivity contribution in [3.63, 3.8) is 0 Å². The normalized spacial score (nSPS) is 19.2. The van der Waals surface area contributed by atoms with Crippen molar-refractivity contribution in [1.29, 1.82) is 5.26 Å². The molecule has 0 saturated carbocycles. The Hall–Kier alpha value is -3.52. The van der Waals surface area contributed by atoms with Gasteiger partial charge in [-0.2, -0.15) is 18.4 Å². The lowest BCUT2D eigenvalue weighted by Crippen LogP contribution is -2.52. The number of nitrogens with zero attached hydrogens (tertiary/aromatic N) is 5. The summed E-state index contributed by atoms with van der Waals surface area (Å²) in [6.07, 6.45) is -4.77. The maximum atomic E-state index is 14.3. The van der Waals surface area contributed by atoms with Crippen LogP contribution in [0, 0.1) is 17.1 Å². The number of likely N-dealkylation sites (tertiary alicyclic amines) is 1. The molecule has 12 heteroatoms. The van der Waals surface area contributed by atoms with Crippen molar-refractivity contribution in [2.45, 2.75) is 24.7 Å². The lowest BCUT2D eigenvalue weighted by atomic mass is 9.93. The van der Waals surface area contributed by atoms with Crippen molar-refractivity contribution in [2.24, 2.45) is 0 Å². The second kappa shape index (κ2) is 12.6. The largest absolute Gasteiger partial charge is 0.419 e. The fraction of sp³-hybridized carbons (Fsp3) is 0.355. The highest BCUT2D eigenvalue weighted by atomic mass is 35.5. The van der Waals surface area contributed by atoms with Crippen LogP contribution in [-0.4, -0.2) is 73.1 Å². The maximum absolute atomic E-state index is 14.3. The Labute approximate surface area is 257 Å². The summed E-state index contributed by atoms with van der Waals surface area (Å²) in [7, 11) is 1.81. The first kappa shape index (κ1) is 30.9. The van der Waals surface area contributed by atoms with Crippen molar-refractivity contribution >= 4 is 34.9 Å². The Bertz CT molecular complexity index is 1520. The van der Waals surface area contributed by atoms with E-state index in [4.69, 9.17) is 28.5 Å². The quantitative estimate of drug-likeness (QED) is 0.288. The number of nitriles is 1. The molecule has 0 spiro atoms. The van der Waals surface area contributed by atoms with E-state index in [-0.39, 0.29) is 24.5 Å². The van der Waals surface area contributed by atoms with E-state index in [9.17, 15) is 22.4 Å². The molecule has 2 aliphatic rings. The summed E-state index contributed by atoms with van der Waals surface area (Å²) >= 11 is 12.5. The van der Waals surface area contributed by atoms with Crippen LogP contribution in [0.4, 0.5) is 28.0 Å². The summed E-state index contributed by atoms with van der Waals surface area (Å²) in [5.41, 5.74) is 1.55. The van der Waals surface area contributed by atoms with Gasteiger partial charge in [0, 0.05) is 63.5 Å². The smallest absolute Gasteiger partial charge is 0.368 e. The van der Waals surface area contributed by atoms with Gasteiger partial charge in [0.2, 0.25) is 0 Å². The number of rotatable bonds is 5. The Kier molecular flexibility index (Phi) is 9.07. The molecule has 5 rings (SSSR count). The van der Waals surface area contributed by atoms with Crippen LogP contribution in [0.1, 0.15) is 28.2 Å². The Morgan fingerprint density at radius 1 is 0.953 bits per heavy atom. The number of piperazine rings is 1. The zero-order valence-electron chi connectivity index (χ0n) is 23.3. The van der Waals surface area contributed by atoms with Crippen LogP contribution >= 0.6 is 23.2 Å². The van der Waals surface area contributed by atoms with E-state index in [0.29, 0.717) is 60.4 Å². The van der Waals surface area contributed by atoms with Crippen molar-refractivity contribution < 1.29 is 22.4 Å². The highest BCUT2D eigenvalue weighted by Gasteiger charge is 2.41. The molecular formula is C31H29Cl2F4N5O. The molecule has 2 aliphatic heterocycles. The number of urea groups is 1. The highest BCUT2D eigenvalue weighted by Crippen LogP contribution is 2.36. The van der Waals surface area contributed by atoms with Crippen LogP contribution in [0.25, 0.3) is 0 Å².